The second-order valence-electron chi connectivity index (χ2n) is 11.5. The summed E-state index contributed by atoms with van der Waals surface area (Å²) in [6, 6.07) is 24.5. The molecule has 5 rings (SSSR count). The van der Waals surface area contributed by atoms with Crippen molar-refractivity contribution in [3.8, 4) is 16.8 Å². The average molecular weight is 459 g/mol. The van der Waals surface area contributed by atoms with E-state index in [4.69, 9.17) is 0 Å². The van der Waals surface area contributed by atoms with E-state index in [1.54, 1.807) is 0 Å². The van der Waals surface area contributed by atoms with Gasteiger partial charge in [0.05, 0.1) is 16.7 Å². The van der Waals surface area contributed by atoms with E-state index in [2.05, 4.69) is 118 Å². The smallest absolute Gasteiger partial charge is 0.0541 e. The van der Waals surface area contributed by atoms with Crippen molar-refractivity contribution in [3.05, 3.63) is 102 Å². The summed E-state index contributed by atoms with van der Waals surface area (Å²) < 4.78 is 2.40. The summed E-state index contributed by atoms with van der Waals surface area (Å²) in [4.78, 5) is 4.35. The third kappa shape index (κ3) is 3.97. The van der Waals surface area contributed by atoms with E-state index in [1.807, 2.05) is 24.5 Å². The standard InChI is InChI=1S/C33H34N2/c1-8-25-26(22-11-10-18-34-21-22)12-9-13-29(25)35-30-16-14-23(32(2,3)4)19-27(30)28-20-24(33(5,6)7)15-17-31(28)35/h8-21H,1H2,2-7H3. The number of pyridine rings is 1. The van der Waals surface area contributed by atoms with Gasteiger partial charge in [0.1, 0.15) is 0 Å². The predicted octanol–water partition coefficient (Wildman–Crippen LogP) is 9.08. The molecule has 2 heteroatoms. The van der Waals surface area contributed by atoms with E-state index in [9.17, 15) is 0 Å². The number of benzene rings is 3. The Balaban J connectivity index is 1.89. The van der Waals surface area contributed by atoms with Gasteiger partial charge in [0, 0.05) is 34.3 Å². The molecule has 0 amide bonds. The third-order valence-electron chi connectivity index (χ3n) is 7.00. The molecule has 2 nitrogen and oxygen atoms in total. The normalized spacial score (nSPS) is 12.4. The summed E-state index contributed by atoms with van der Waals surface area (Å²) in [7, 11) is 0. The Morgan fingerprint density at radius 1 is 0.743 bits per heavy atom. The van der Waals surface area contributed by atoms with Gasteiger partial charge in [0.2, 0.25) is 0 Å². The fourth-order valence-electron chi connectivity index (χ4n) is 4.95. The Hall–Kier alpha value is -3.65. The minimum atomic E-state index is 0.0801. The summed E-state index contributed by atoms with van der Waals surface area (Å²) in [5.41, 5.74) is 9.75. The fraction of sp³-hybridized carbons (Fsp3) is 0.242. The van der Waals surface area contributed by atoms with Crippen molar-refractivity contribution in [2.45, 2.75) is 52.4 Å². The van der Waals surface area contributed by atoms with E-state index in [0.29, 0.717) is 0 Å². The summed E-state index contributed by atoms with van der Waals surface area (Å²) in [6.45, 7) is 17.9. The Morgan fingerprint density at radius 3 is 1.83 bits per heavy atom. The molecule has 0 unspecified atom stereocenters. The molecule has 0 atom stereocenters. The van der Waals surface area contributed by atoms with Crippen LogP contribution in [-0.2, 0) is 10.8 Å². The van der Waals surface area contributed by atoms with Crippen LogP contribution < -0.4 is 0 Å². The van der Waals surface area contributed by atoms with Crippen LogP contribution in [0.1, 0.15) is 58.2 Å². The maximum absolute atomic E-state index is 4.35. The first-order valence-corrected chi connectivity index (χ1v) is 12.3. The maximum Gasteiger partial charge on any atom is 0.0541 e. The molecule has 5 aromatic rings. The second kappa shape index (κ2) is 8.23. The zero-order valence-electron chi connectivity index (χ0n) is 21.7. The zero-order valence-corrected chi connectivity index (χ0v) is 21.7. The van der Waals surface area contributed by atoms with Crippen molar-refractivity contribution in [1.82, 2.24) is 9.55 Å². The highest BCUT2D eigenvalue weighted by atomic mass is 15.0. The molecule has 176 valence electrons. The lowest BCUT2D eigenvalue weighted by atomic mass is 9.85. The number of rotatable bonds is 3. The van der Waals surface area contributed by atoms with Gasteiger partial charge in [-0.25, -0.2) is 0 Å². The van der Waals surface area contributed by atoms with Gasteiger partial charge in [-0.2, -0.15) is 0 Å². The van der Waals surface area contributed by atoms with Crippen molar-refractivity contribution in [2.24, 2.45) is 0 Å². The number of aromatic nitrogens is 2. The van der Waals surface area contributed by atoms with Crippen LogP contribution in [0.25, 0.3) is 44.7 Å². The fourth-order valence-corrected chi connectivity index (χ4v) is 4.95. The Labute approximate surface area is 209 Å². The van der Waals surface area contributed by atoms with Crippen LogP contribution in [0.4, 0.5) is 0 Å². The van der Waals surface area contributed by atoms with E-state index in [0.717, 1.165) is 22.4 Å². The lowest BCUT2D eigenvalue weighted by Crippen LogP contribution is -2.10. The van der Waals surface area contributed by atoms with Crippen molar-refractivity contribution in [3.63, 3.8) is 0 Å². The molecule has 0 fully saturated rings. The average Bonchev–Trinajstić information content (AvgIpc) is 3.16. The minimum Gasteiger partial charge on any atom is -0.309 e. The molecule has 35 heavy (non-hydrogen) atoms. The molecule has 0 aliphatic carbocycles. The first kappa shape index (κ1) is 23.1. The topological polar surface area (TPSA) is 17.8 Å². The molecule has 2 heterocycles. The molecule has 0 bridgehead atoms. The van der Waals surface area contributed by atoms with Crippen LogP contribution >= 0.6 is 0 Å². The highest BCUT2D eigenvalue weighted by Crippen LogP contribution is 2.39. The van der Waals surface area contributed by atoms with Crippen LogP contribution in [0, 0.1) is 0 Å². The molecule has 0 aliphatic heterocycles. The summed E-state index contributed by atoms with van der Waals surface area (Å²) in [5.74, 6) is 0. The molecular weight excluding hydrogens is 424 g/mol. The van der Waals surface area contributed by atoms with Crippen LogP contribution in [0.2, 0.25) is 0 Å². The summed E-state index contributed by atoms with van der Waals surface area (Å²) >= 11 is 0. The van der Waals surface area contributed by atoms with Crippen LogP contribution in [0.3, 0.4) is 0 Å². The van der Waals surface area contributed by atoms with Gasteiger partial charge in [-0.15, -0.1) is 0 Å². The third-order valence-corrected chi connectivity index (χ3v) is 7.00. The van der Waals surface area contributed by atoms with Crippen LogP contribution in [0.5, 0.6) is 0 Å². The summed E-state index contributed by atoms with van der Waals surface area (Å²) in [5, 5.41) is 2.58. The van der Waals surface area contributed by atoms with Gasteiger partial charge in [-0.05, 0) is 63.9 Å². The van der Waals surface area contributed by atoms with Gasteiger partial charge >= 0.3 is 0 Å². The quantitative estimate of drug-likeness (QED) is 0.264. The zero-order chi connectivity index (χ0) is 25.0. The van der Waals surface area contributed by atoms with Gasteiger partial charge in [-0.3, -0.25) is 4.98 Å². The van der Waals surface area contributed by atoms with Gasteiger partial charge in [0.15, 0.2) is 0 Å². The molecule has 0 N–H and O–H groups in total. The van der Waals surface area contributed by atoms with E-state index < -0.39 is 0 Å². The Bertz CT molecular complexity index is 1480. The van der Waals surface area contributed by atoms with E-state index in [-0.39, 0.29) is 10.8 Å². The molecule has 0 radical (unpaired) electrons. The lowest BCUT2D eigenvalue weighted by molar-refractivity contribution is 0.590. The molecule has 0 saturated heterocycles. The highest BCUT2D eigenvalue weighted by molar-refractivity contribution is 6.10. The molecule has 0 aliphatic rings. The van der Waals surface area contributed by atoms with Crippen molar-refractivity contribution < 1.29 is 0 Å². The molecule has 3 aromatic carbocycles. The molecular formula is C33H34N2. The Morgan fingerprint density at radius 2 is 1.34 bits per heavy atom. The maximum atomic E-state index is 4.35. The largest absolute Gasteiger partial charge is 0.309 e. The summed E-state index contributed by atoms with van der Waals surface area (Å²) in [6.07, 6.45) is 5.71. The minimum absolute atomic E-state index is 0.0801. The van der Waals surface area contributed by atoms with Gasteiger partial charge < -0.3 is 4.57 Å². The number of nitrogens with zero attached hydrogens (tertiary/aromatic N) is 2. The van der Waals surface area contributed by atoms with Crippen molar-refractivity contribution >= 4 is 27.9 Å². The van der Waals surface area contributed by atoms with Gasteiger partial charge in [-0.1, -0.05) is 84.5 Å². The predicted molar refractivity (Wildman–Crippen MR) is 152 cm³/mol. The Kier molecular flexibility index (Phi) is 5.44. The second-order valence-corrected chi connectivity index (χ2v) is 11.5. The van der Waals surface area contributed by atoms with Crippen LogP contribution in [0.15, 0.2) is 85.7 Å². The molecule has 0 saturated carbocycles. The number of hydrogen-bond acceptors (Lipinski definition) is 1. The lowest BCUT2D eigenvalue weighted by Gasteiger charge is -2.19. The first-order chi connectivity index (χ1) is 16.6. The van der Waals surface area contributed by atoms with E-state index in [1.165, 1.54) is 32.9 Å². The number of fused-ring (bicyclic) bond motifs is 3. The van der Waals surface area contributed by atoms with Gasteiger partial charge in [0.25, 0.3) is 0 Å². The number of hydrogen-bond donors (Lipinski definition) is 0. The monoisotopic (exact) mass is 458 g/mol. The van der Waals surface area contributed by atoms with E-state index >= 15 is 0 Å². The van der Waals surface area contributed by atoms with Crippen LogP contribution in [-0.4, -0.2) is 9.55 Å². The first-order valence-electron chi connectivity index (χ1n) is 12.3. The molecule has 0 spiro atoms. The van der Waals surface area contributed by atoms with Crippen molar-refractivity contribution in [2.75, 3.05) is 0 Å². The van der Waals surface area contributed by atoms with Crippen molar-refractivity contribution in [1.29, 1.82) is 0 Å². The SMILES string of the molecule is C=Cc1c(-c2cccnc2)cccc1-n1c2ccc(C(C)(C)C)cc2c2cc(C(C)(C)C)ccc21. The highest BCUT2D eigenvalue weighted by Gasteiger charge is 2.22. The molecule has 2 aromatic heterocycles.